The molecule has 1 amide bonds. The number of rotatable bonds is 5. The molecule has 0 radical (unpaired) electrons. The summed E-state index contributed by atoms with van der Waals surface area (Å²) in [5.41, 5.74) is 2.63. The lowest BCUT2D eigenvalue weighted by molar-refractivity contribution is 0.0942. The zero-order valence-electron chi connectivity index (χ0n) is 15.0. The summed E-state index contributed by atoms with van der Waals surface area (Å²) in [5.74, 6) is 1.67. The Morgan fingerprint density at radius 2 is 1.96 bits per heavy atom. The van der Waals surface area contributed by atoms with E-state index in [1.165, 1.54) is 0 Å². The quantitative estimate of drug-likeness (QED) is 0.556. The van der Waals surface area contributed by atoms with Crippen molar-refractivity contribution in [2.75, 3.05) is 6.54 Å². The molecule has 0 bridgehead atoms. The van der Waals surface area contributed by atoms with Crippen molar-refractivity contribution in [1.82, 2.24) is 40.1 Å². The number of fused-ring (bicyclic) bond motifs is 1. The molecule has 1 aromatic carbocycles. The molecule has 9 heteroatoms. The van der Waals surface area contributed by atoms with Crippen LogP contribution in [0.1, 0.15) is 27.8 Å². The van der Waals surface area contributed by atoms with E-state index in [-0.39, 0.29) is 11.7 Å². The van der Waals surface area contributed by atoms with E-state index in [9.17, 15) is 4.79 Å². The molecule has 0 spiro atoms. The summed E-state index contributed by atoms with van der Waals surface area (Å²) < 4.78 is 1.64. The summed E-state index contributed by atoms with van der Waals surface area (Å²) >= 11 is 0. The van der Waals surface area contributed by atoms with E-state index in [0.29, 0.717) is 30.4 Å². The lowest BCUT2D eigenvalue weighted by Gasteiger charge is -2.05. The van der Waals surface area contributed by atoms with Crippen LogP contribution < -0.4 is 5.32 Å². The highest BCUT2D eigenvalue weighted by atomic mass is 16.2. The Morgan fingerprint density at radius 3 is 2.78 bits per heavy atom. The third-order valence-corrected chi connectivity index (χ3v) is 4.11. The minimum absolute atomic E-state index is 0.220. The third kappa shape index (κ3) is 3.39. The molecule has 3 heterocycles. The topological polar surface area (TPSA) is 114 Å². The summed E-state index contributed by atoms with van der Waals surface area (Å²) in [7, 11) is 0. The molecule has 0 unspecified atom stereocenters. The van der Waals surface area contributed by atoms with Gasteiger partial charge < -0.3 is 5.32 Å². The van der Waals surface area contributed by atoms with Crippen molar-refractivity contribution in [1.29, 1.82) is 0 Å². The normalized spacial score (nSPS) is 11.0. The monoisotopic (exact) mass is 362 g/mol. The fraction of sp³-hybridized carbons (Fsp3) is 0.222. The second-order valence-corrected chi connectivity index (χ2v) is 6.18. The Morgan fingerprint density at radius 1 is 1.15 bits per heavy atom. The molecule has 0 aliphatic rings. The van der Waals surface area contributed by atoms with Gasteiger partial charge in [-0.2, -0.15) is 5.10 Å². The zero-order chi connectivity index (χ0) is 18.8. The number of carbonyl (C=O) groups is 1. The lowest BCUT2D eigenvalue weighted by Crippen LogP contribution is -2.28. The second-order valence-electron chi connectivity index (χ2n) is 6.18. The number of nitrogens with zero attached hydrogens (tertiary/aromatic N) is 6. The number of aryl methyl sites for hydroxylation is 2. The maximum atomic E-state index is 12.5. The fourth-order valence-corrected chi connectivity index (χ4v) is 2.87. The first kappa shape index (κ1) is 16.8. The predicted octanol–water partition coefficient (Wildman–Crippen LogP) is 1.50. The highest BCUT2D eigenvalue weighted by molar-refractivity contribution is 5.91. The fourth-order valence-electron chi connectivity index (χ4n) is 2.87. The van der Waals surface area contributed by atoms with Crippen LogP contribution in [-0.4, -0.2) is 47.2 Å². The zero-order valence-corrected chi connectivity index (χ0v) is 15.0. The van der Waals surface area contributed by atoms with E-state index in [4.69, 9.17) is 0 Å². The third-order valence-electron chi connectivity index (χ3n) is 4.11. The van der Waals surface area contributed by atoms with Gasteiger partial charge in [0.25, 0.3) is 11.7 Å². The van der Waals surface area contributed by atoms with Crippen LogP contribution in [0.4, 0.5) is 0 Å². The highest BCUT2D eigenvalue weighted by Crippen LogP contribution is 2.13. The average molecular weight is 362 g/mol. The molecule has 136 valence electrons. The van der Waals surface area contributed by atoms with Crippen LogP contribution in [0.25, 0.3) is 17.2 Å². The van der Waals surface area contributed by atoms with Crippen molar-refractivity contribution < 1.29 is 4.79 Å². The van der Waals surface area contributed by atoms with Gasteiger partial charge in [-0.1, -0.05) is 30.3 Å². The molecule has 3 aromatic heterocycles. The number of carbonyl (C=O) groups excluding carboxylic acids is 1. The first-order valence-electron chi connectivity index (χ1n) is 8.56. The van der Waals surface area contributed by atoms with Crippen molar-refractivity contribution >= 4 is 11.7 Å². The van der Waals surface area contributed by atoms with Gasteiger partial charge >= 0.3 is 0 Å². The Bertz CT molecular complexity index is 1100. The number of benzene rings is 1. The van der Waals surface area contributed by atoms with Gasteiger partial charge in [-0.25, -0.2) is 9.97 Å². The molecule has 0 fully saturated rings. The van der Waals surface area contributed by atoms with Crippen LogP contribution in [0.3, 0.4) is 0 Å². The highest BCUT2D eigenvalue weighted by Gasteiger charge is 2.16. The maximum Gasteiger partial charge on any atom is 0.289 e. The van der Waals surface area contributed by atoms with E-state index in [1.54, 1.807) is 4.40 Å². The van der Waals surface area contributed by atoms with Gasteiger partial charge in [-0.3, -0.25) is 14.3 Å². The van der Waals surface area contributed by atoms with Crippen molar-refractivity contribution in [2.24, 2.45) is 0 Å². The lowest BCUT2D eigenvalue weighted by atomic mass is 10.2. The van der Waals surface area contributed by atoms with Crippen molar-refractivity contribution in [3.05, 3.63) is 59.4 Å². The van der Waals surface area contributed by atoms with Gasteiger partial charge in [0.15, 0.2) is 5.82 Å². The van der Waals surface area contributed by atoms with Gasteiger partial charge in [0, 0.05) is 29.9 Å². The largest absolute Gasteiger partial charge is 0.349 e. The molecule has 0 saturated carbocycles. The molecular weight excluding hydrogens is 344 g/mol. The van der Waals surface area contributed by atoms with E-state index in [1.807, 2.05) is 50.2 Å². The molecule has 4 rings (SSSR count). The molecule has 9 nitrogen and oxygen atoms in total. The summed E-state index contributed by atoms with van der Waals surface area (Å²) in [6.07, 6.45) is 0.526. The molecule has 27 heavy (non-hydrogen) atoms. The van der Waals surface area contributed by atoms with Gasteiger partial charge in [-0.05, 0) is 19.9 Å². The predicted molar refractivity (Wildman–Crippen MR) is 98.1 cm³/mol. The Balaban J connectivity index is 1.41. The number of hydrogen-bond acceptors (Lipinski definition) is 6. The van der Waals surface area contributed by atoms with Gasteiger partial charge in [0.1, 0.15) is 5.82 Å². The van der Waals surface area contributed by atoms with E-state index in [2.05, 4.69) is 35.7 Å². The number of amides is 1. The molecule has 2 N–H and O–H groups in total. The number of H-pyrrole nitrogens is 1. The summed E-state index contributed by atoms with van der Waals surface area (Å²) in [4.78, 5) is 21.2. The first-order chi connectivity index (χ1) is 13.1. The molecule has 0 aliphatic carbocycles. The number of aromatic nitrogens is 7. The number of aromatic amines is 1. The van der Waals surface area contributed by atoms with Crippen LogP contribution in [-0.2, 0) is 6.42 Å². The van der Waals surface area contributed by atoms with E-state index < -0.39 is 0 Å². The first-order valence-corrected chi connectivity index (χ1v) is 8.56. The van der Waals surface area contributed by atoms with Crippen molar-refractivity contribution in [3.8, 4) is 11.4 Å². The molecule has 0 atom stereocenters. The van der Waals surface area contributed by atoms with Crippen LogP contribution in [0.15, 0.2) is 36.4 Å². The molecular formula is C18H18N8O. The standard InChI is InChI=1S/C18H18N8O/c1-11-10-12(2)26-16(24-25-18(26)20-11)17(27)19-9-8-14-21-15(23-22-14)13-6-4-3-5-7-13/h3-7,10H,8-9H2,1-2H3,(H,19,27)(H,21,22,23). The summed E-state index contributed by atoms with van der Waals surface area (Å²) in [6.45, 7) is 4.17. The Labute approximate surface area is 154 Å². The van der Waals surface area contributed by atoms with Gasteiger partial charge in [0.2, 0.25) is 5.82 Å². The SMILES string of the molecule is Cc1cc(C)n2c(C(=O)NCCc3nc(-c4ccccc4)n[nH]3)nnc2n1. The smallest absolute Gasteiger partial charge is 0.289 e. The van der Waals surface area contributed by atoms with Gasteiger partial charge in [0.05, 0.1) is 0 Å². The molecule has 0 saturated heterocycles. The Kier molecular flexibility index (Phi) is 4.33. The molecule has 4 aromatic rings. The molecule has 0 aliphatic heterocycles. The van der Waals surface area contributed by atoms with Crippen LogP contribution >= 0.6 is 0 Å². The minimum Gasteiger partial charge on any atom is -0.349 e. The Hall–Kier alpha value is -3.62. The van der Waals surface area contributed by atoms with E-state index in [0.717, 1.165) is 17.0 Å². The average Bonchev–Trinajstić information content (AvgIpc) is 3.29. The minimum atomic E-state index is -0.306. The second kappa shape index (κ2) is 6.94. The van der Waals surface area contributed by atoms with Gasteiger partial charge in [-0.15, -0.1) is 10.2 Å². The van der Waals surface area contributed by atoms with E-state index >= 15 is 0 Å². The number of nitrogens with one attached hydrogen (secondary N) is 2. The van der Waals surface area contributed by atoms with Crippen LogP contribution in [0.2, 0.25) is 0 Å². The maximum absolute atomic E-state index is 12.5. The summed E-state index contributed by atoms with van der Waals surface area (Å²) in [5, 5.41) is 17.9. The summed E-state index contributed by atoms with van der Waals surface area (Å²) in [6, 6.07) is 11.6. The van der Waals surface area contributed by atoms with Crippen molar-refractivity contribution in [2.45, 2.75) is 20.3 Å². The van der Waals surface area contributed by atoms with Crippen LogP contribution in [0, 0.1) is 13.8 Å². The number of hydrogen-bond donors (Lipinski definition) is 2. The van der Waals surface area contributed by atoms with Crippen molar-refractivity contribution in [3.63, 3.8) is 0 Å². The van der Waals surface area contributed by atoms with Crippen LogP contribution in [0.5, 0.6) is 0 Å².